The second kappa shape index (κ2) is 10.6. The highest BCUT2D eigenvalue weighted by molar-refractivity contribution is 5.88. The van der Waals surface area contributed by atoms with Crippen LogP contribution in [0.3, 0.4) is 0 Å². The van der Waals surface area contributed by atoms with E-state index in [4.69, 9.17) is 14.4 Å². The molecular weight excluding hydrogens is 478 g/mol. The number of carbonyl (C=O) groups is 1. The van der Waals surface area contributed by atoms with Crippen molar-refractivity contribution in [2.24, 2.45) is 0 Å². The number of anilines is 2. The number of hydrogen-bond acceptors (Lipinski definition) is 8. The van der Waals surface area contributed by atoms with Gasteiger partial charge in [0.1, 0.15) is 5.52 Å². The van der Waals surface area contributed by atoms with E-state index in [9.17, 15) is 4.79 Å². The van der Waals surface area contributed by atoms with Crippen molar-refractivity contribution in [2.75, 3.05) is 45.1 Å². The third-order valence-electron chi connectivity index (χ3n) is 6.87. The van der Waals surface area contributed by atoms with Crippen LogP contribution in [0.2, 0.25) is 0 Å². The number of hydrogen-bond donors (Lipinski definition) is 2. The van der Waals surface area contributed by atoms with Crippen LogP contribution < -0.4 is 5.32 Å². The highest BCUT2D eigenvalue weighted by Gasteiger charge is 2.18. The number of ketones is 1. The zero-order valence-electron chi connectivity index (χ0n) is 21.2. The molecule has 0 radical (unpaired) electrons. The number of H-pyrrole nitrogens is 1. The number of fused-ring (bicyclic) bond motifs is 1. The van der Waals surface area contributed by atoms with Gasteiger partial charge in [0.2, 0.25) is 0 Å². The molecule has 1 saturated heterocycles. The number of nitrogens with one attached hydrogen (secondary N) is 2. The molecule has 0 spiro atoms. The Morgan fingerprint density at radius 1 is 1.00 bits per heavy atom. The molecule has 192 valence electrons. The van der Waals surface area contributed by atoms with Gasteiger partial charge in [-0.2, -0.15) is 5.10 Å². The molecule has 4 heterocycles. The van der Waals surface area contributed by atoms with E-state index in [1.807, 2.05) is 60.8 Å². The number of rotatable bonds is 8. The smallest absolute Gasteiger partial charge is 0.194 e. The molecule has 0 unspecified atom stereocenters. The van der Waals surface area contributed by atoms with Crippen LogP contribution in [0.15, 0.2) is 77.7 Å². The van der Waals surface area contributed by atoms with Crippen molar-refractivity contribution in [3.8, 4) is 22.5 Å². The number of likely N-dealkylation sites (N-methyl/N-ethyl adjacent to an activating group) is 1. The van der Waals surface area contributed by atoms with Gasteiger partial charge < -0.3 is 14.6 Å². The first-order chi connectivity index (χ1) is 18.6. The SMILES string of the molecule is CN1CCN(CC(=O)Cc2cccc(-c3nc(Nc4ccc(-c5cn[nH]c5)cc4)c4occc4n3)c2)CC1. The minimum atomic E-state index is 0.221. The fraction of sp³-hybridized carbons (Fsp3) is 0.241. The Morgan fingerprint density at radius 2 is 1.84 bits per heavy atom. The summed E-state index contributed by atoms with van der Waals surface area (Å²) in [5.74, 6) is 1.38. The Kier molecular flexibility index (Phi) is 6.68. The van der Waals surface area contributed by atoms with E-state index in [1.165, 1.54) is 0 Å². The van der Waals surface area contributed by atoms with E-state index >= 15 is 0 Å². The van der Waals surface area contributed by atoms with E-state index in [2.05, 4.69) is 32.4 Å². The van der Waals surface area contributed by atoms with Crippen molar-refractivity contribution in [2.45, 2.75) is 6.42 Å². The topological polar surface area (TPSA) is 103 Å². The van der Waals surface area contributed by atoms with Crippen molar-refractivity contribution in [3.63, 3.8) is 0 Å². The number of aromatic nitrogens is 4. The van der Waals surface area contributed by atoms with Crippen molar-refractivity contribution < 1.29 is 9.21 Å². The highest BCUT2D eigenvalue weighted by Crippen LogP contribution is 2.29. The lowest BCUT2D eigenvalue weighted by Crippen LogP contribution is -2.46. The predicted molar refractivity (Wildman–Crippen MR) is 147 cm³/mol. The van der Waals surface area contributed by atoms with Gasteiger partial charge in [0.25, 0.3) is 0 Å². The summed E-state index contributed by atoms with van der Waals surface area (Å²) in [7, 11) is 2.12. The van der Waals surface area contributed by atoms with Crippen LogP contribution in [0.25, 0.3) is 33.6 Å². The lowest BCUT2D eigenvalue weighted by atomic mass is 10.0. The first-order valence-electron chi connectivity index (χ1n) is 12.7. The van der Waals surface area contributed by atoms with Crippen LogP contribution in [0, 0.1) is 0 Å². The number of nitrogens with zero attached hydrogens (tertiary/aromatic N) is 5. The van der Waals surface area contributed by atoms with Gasteiger partial charge in [-0.1, -0.05) is 30.3 Å². The second-order valence-corrected chi connectivity index (χ2v) is 9.72. The van der Waals surface area contributed by atoms with Gasteiger partial charge in [-0.25, -0.2) is 9.97 Å². The van der Waals surface area contributed by atoms with Gasteiger partial charge in [-0.05, 0) is 36.4 Å². The average molecular weight is 508 g/mol. The van der Waals surface area contributed by atoms with Crippen molar-refractivity contribution in [1.82, 2.24) is 30.0 Å². The van der Waals surface area contributed by atoms with Gasteiger partial charge in [0, 0.05) is 61.7 Å². The van der Waals surface area contributed by atoms with E-state index in [0.717, 1.165) is 54.1 Å². The third kappa shape index (κ3) is 5.34. The van der Waals surface area contributed by atoms with E-state index in [-0.39, 0.29) is 5.78 Å². The van der Waals surface area contributed by atoms with Crippen LogP contribution in [-0.2, 0) is 11.2 Å². The lowest BCUT2D eigenvalue weighted by molar-refractivity contribution is -0.119. The molecule has 0 bridgehead atoms. The van der Waals surface area contributed by atoms with Crippen LogP contribution in [0.5, 0.6) is 0 Å². The third-order valence-corrected chi connectivity index (χ3v) is 6.87. The summed E-state index contributed by atoms with van der Waals surface area (Å²) in [6.07, 6.45) is 5.66. The zero-order chi connectivity index (χ0) is 25.9. The maximum Gasteiger partial charge on any atom is 0.194 e. The molecule has 3 aromatic heterocycles. The standard InChI is InChI=1S/C29H29N7O2/c1-35-10-12-36(13-11-35)19-25(37)16-20-3-2-4-22(15-20)28-33-26-9-14-38-27(26)29(34-28)32-24-7-5-21(6-8-24)23-17-30-31-18-23/h2-9,14-15,17-18H,10-13,16,19H2,1H3,(H,30,31)(H,32,33,34). The predicted octanol–water partition coefficient (Wildman–Crippen LogP) is 4.38. The molecular formula is C29H29N7O2. The molecule has 0 aliphatic carbocycles. The Labute approximate surface area is 220 Å². The normalized spacial score (nSPS) is 14.7. The summed E-state index contributed by atoms with van der Waals surface area (Å²) >= 11 is 0. The largest absolute Gasteiger partial charge is 0.459 e. The number of furan rings is 1. The first kappa shape index (κ1) is 24.0. The van der Waals surface area contributed by atoms with Crippen LogP contribution in [-0.4, -0.2) is 75.5 Å². The van der Waals surface area contributed by atoms with Gasteiger partial charge in [-0.3, -0.25) is 14.8 Å². The van der Waals surface area contributed by atoms with Crippen LogP contribution in [0.4, 0.5) is 11.5 Å². The zero-order valence-corrected chi connectivity index (χ0v) is 21.2. The van der Waals surface area contributed by atoms with Crippen molar-refractivity contribution in [1.29, 1.82) is 0 Å². The summed E-state index contributed by atoms with van der Waals surface area (Å²) in [5, 5.41) is 10.2. The summed E-state index contributed by atoms with van der Waals surface area (Å²) < 4.78 is 5.70. The van der Waals surface area contributed by atoms with Crippen LogP contribution >= 0.6 is 0 Å². The number of aromatic amines is 1. The Balaban J connectivity index is 1.21. The summed E-state index contributed by atoms with van der Waals surface area (Å²) in [6, 6.07) is 17.8. The summed E-state index contributed by atoms with van der Waals surface area (Å²) in [4.78, 5) is 26.8. The van der Waals surface area contributed by atoms with Gasteiger partial charge in [-0.15, -0.1) is 0 Å². The molecule has 1 aliphatic rings. The molecule has 0 saturated carbocycles. The number of piperazine rings is 1. The van der Waals surface area contributed by atoms with Crippen molar-refractivity contribution in [3.05, 3.63) is 78.8 Å². The summed E-state index contributed by atoms with van der Waals surface area (Å²) in [5.41, 5.74) is 6.09. The number of Topliss-reactive ketones (excluding diaryl/α,β-unsaturated/α-hetero) is 1. The van der Waals surface area contributed by atoms with Gasteiger partial charge in [0.05, 0.1) is 19.0 Å². The maximum atomic E-state index is 12.8. The first-order valence-corrected chi connectivity index (χ1v) is 12.7. The van der Waals surface area contributed by atoms with Gasteiger partial charge >= 0.3 is 0 Å². The van der Waals surface area contributed by atoms with Crippen molar-refractivity contribution >= 4 is 28.4 Å². The lowest BCUT2D eigenvalue weighted by Gasteiger charge is -2.31. The quantitative estimate of drug-likeness (QED) is 0.319. The molecule has 5 aromatic rings. The molecule has 9 nitrogen and oxygen atoms in total. The fourth-order valence-corrected chi connectivity index (χ4v) is 4.73. The monoisotopic (exact) mass is 507 g/mol. The molecule has 9 heteroatoms. The highest BCUT2D eigenvalue weighted by atomic mass is 16.3. The maximum absolute atomic E-state index is 12.8. The molecule has 0 atom stereocenters. The van der Waals surface area contributed by atoms with E-state index in [1.54, 1.807) is 12.5 Å². The molecule has 1 aliphatic heterocycles. The Morgan fingerprint density at radius 3 is 2.63 bits per heavy atom. The number of carbonyl (C=O) groups excluding carboxylic acids is 1. The minimum Gasteiger partial charge on any atom is -0.459 e. The van der Waals surface area contributed by atoms with E-state index in [0.29, 0.717) is 35.7 Å². The second-order valence-electron chi connectivity index (χ2n) is 9.72. The molecule has 2 aromatic carbocycles. The fourth-order valence-electron chi connectivity index (χ4n) is 4.73. The number of benzene rings is 2. The molecule has 38 heavy (non-hydrogen) atoms. The molecule has 2 N–H and O–H groups in total. The van der Waals surface area contributed by atoms with Crippen LogP contribution in [0.1, 0.15) is 5.56 Å². The summed E-state index contributed by atoms with van der Waals surface area (Å²) in [6.45, 7) is 4.36. The Bertz CT molecular complexity index is 1540. The molecule has 0 amide bonds. The average Bonchev–Trinajstić information content (AvgIpc) is 3.63. The molecule has 1 fully saturated rings. The molecule has 6 rings (SSSR count). The van der Waals surface area contributed by atoms with Gasteiger partial charge in [0.15, 0.2) is 23.0 Å². The van der Waals surface area contributed by atoms with E-state index < -0.39 is 0 Å². The minimum absolute atomic E-state index is 0.221. The Hall–Kier alpha value is -4.34.